The topological polar surface area (TPSA) is 43.1 Å². The summed E-state index contributed by atoms with van der Waals surface area (Å²) in [5.74, 6) is 1.87. The molecule has 0 radical (unpaired) electrons. The molecule has 0 spiro atoms. The van der Waals surface area contributed by atoms with Gasteiger partial charge < -0.3 is 5.73 Å². The Morgan fingerprint density at radius 3 is 2.42 bits per heavy atom. The van der Waals surface area contributed by atoms with Gasteiger partial charge in [0.1, 0.15) is 5.78 Å². The van der Waals surface area contributed by atoms with Crippen LogP contribution in [0.2, 0.25) is 0 Å². The molecule has 1 fully saturated rings. The highest BCUT2D eigenvalue weighted by atomic mass is 16.1. The molecule has 0 heterocycles. The molecule has 0 saturated heterocycles. The second kappa shape index (κ2) is 9.52. The first-order valence-electron chi connectivity index (χ1n) is 8.35. The Hall–Kier alpha value is -0.370. The van der Waals surface area contributed by atoms with Gasteiger partial charge in [-0.05, 0) is 31.6 Å². The fourth-order valence-corrected chi connectivity index (χ4v) is 3.21. The highest BCUT2D eigenvalue weighted by Gasteiger charge is 2.13. The van der Waals surface area contributed by atoms with Crippen molar-refractivity contribution in [3.8, 4) is 0 Å². The lowest BCUT2D eigenvalue weighted by Crippen LogP contribution is -2.28. The monoisotopic (exact) mass is 267 g/mol. The summed E-state index contributed by atoms with van der Waals surface area (Å²) in [4.78, 5) is 11.1. The van der Waals surface area contributed by atoms with Gasteiger partial charge in [-0.25, -0.2) is 0 Å². The van der Waals surface area contributed by atoms with E-state index in [0.29, 0.717) is 0 Å². The van der Waals surface area contributed by atoms with Crippen LogP contribution in [0, 0.1) is 11.8 Å². The maximum atomic E-state index is 11.1. The van der Waals surface area contributed by atoms with Crippen LogP contribution < -0.4 is 5.73 Å². The number of carbonyl (C=O) groups excluding carboxylic acids is 1. The van der Waals surface area contributed by atoms with Gasteiger partial charge in [-0.1, -0.05) is 64.7 Å². The zero-order valence-corrected chi connectivity index (χ0v) is 13.0. The Morgan fingerprint density at radius 1 is 1.11 bits per heavy atom. The second-order valence-electron chi connectivity index (χ2n) is 6.69. The summed E-state index contributed by atoms with van der Waals surface area (Å²) in [7, 11) is 0. The summed E-state index contributed by atoms with van der Waals surface area (Å²) in [6.07, 6.45) is 14.8. The lowest BCUT2D eigenvalue weighted by molar-refractivity contribution is -0.118. The van der Waals surface area contributed by atoms with Gasteiger partial charge in [-0.15, -0.1) is 0 Å². The molecule has 2 atom stereocenters. The van der Waals surface area contributed by atoms with Gasteiger partial charge in [0.25, 0.3) is 0 Å². The van der Waals surface area contributed by atoms with E-state index in [4.69, 9.17) is 5.73 Å². The van der Waals surface area contributed by atoms with Crippen molar-refractivity contribution in [3.05, 3.63) is 0 Å². The van der Waals surface area contributed by atoms with E-state index in [9.17, 15) is 4.79 Å². The van der Waals surface area contributed by atoms with Crippen molar-refractivity contribution >= 4 is 5.78 Å². The van der Waals surface area contributed by atoms with Gasteiger partial charge in [0.05, 0.1) is 6.04 Å². The van der Waals surface area contributed by atoms with Crippen LogP contribution in [0.4, 0.5) is 0 Å². The lowest BCUT2D eigenvalue weighted by atomic mass is 9.85. The van der Waals surface area contributed by atoms with E-state index in [0.717, 1.165) is 24.7 Å². The summed E-state index contributed by atoms with van der Waals surface area (Å²) >= 11 is 0. The summed E-state index contributed by atoms with van der Waals surface area (Å²) in [5, 5.41) is 0. The Balaban J connectivity index is 1.97. The van der Waals surface area contributed by atoms with Crippen molar-refractivity contribution in [1.29, 1.82) is 0 Å². The van der Waals surface area contributed by atoms with E-state index in [1.807, 2.05) is 0 Å². The molecule has 0 bridgehead atoms. The highest BCUT2D eigenvalue weighted by molar-refractivity contribution is 5.81. The molecule has 2 N–H and O–H groups in total. The predicted molar refractivity (Wildman–Crippen MR) is 82.1 cm³/mol. The van der Waals surface area contributed by atoms with Gasteiger partial charge in [-0.3, -0.25) is 4.79 Å². The smallest absolute Gasteiger partial charge is 0.146 e. The van der Waals surface area contributed by atoms with E-state index in [2.05, 4.69) is 6.92 Å². The minimum absolute atomic E-state index is 0.129. The molecule has 0 aromatic carbocycles. The van der Waals surface area contributed by atoms with E-state index in [1.54, 1.807) is 6.92 Å². The first-order valence-corrected chi connectivity index (χ1v) is 8.35. The minimum Gasteiger partial charge on any atom is -0.322 e. The third kappa shape index (κ3) is 7.71. The third-order valence-corrected chi connectivity index (χ3v) is 4.78. The van der Waals surface area contributed by atoms with Crippen molar-refractivity contribution in [1.82, 2.24) is 0 Å². The van der Waals surface area contributed by atoms with E-state index >= 15 is 0 Å². The SMILES string of the molecule is CC(=O)C(N)CCC(C)CCCCC1CCCCC1. The van der Waals surface area contributed by atoms with Crippen LogP contribution in [0.3, 0.4) is 0 Å². The van der Waals surface area contributed by atoms with Crippen molar-refractivity contribution < 1.29 is 4.79 Å². The molecule has 1 rings (SSSR count). The largest absolute Gasteiger partial charge is 0.322 e. The van der Waals surface area contributed by atoms with E-state index in [1.165, 1.54) is 57.8 Å². The normalized spacial score (nSPS) is 20.2. The zero-order chi connectivity index (χ0) is 14.1. The average Bonchev–Trinajstić information content (AvgIpc) is 2.42. The highest BCUT2D eigenvalue weighted by Crippen LogP contribution is 2.28. The Labute approximate surface area is 119 Å². The molecule has 0 aromatic rings. The quantitative estimate of drug-likeness (QED) is 0.627. The van der Waals surface area contributed by atoms with Gasteiger partial charge >= 0.3 is 0 Å². The molecular weight excluding hydrogens is 234 g/mol. The third-order valence-electron chi connectivity index (χ3n) is 4.78. The molecular formula is C17H33NO. The van der Waals surface area contributed by atoms with Gasteiger partial charge in [-0.2, -0.15) is 0 Å². The fourth-order valence-electron chi connectivity index (χ4n) is 3.21. The molecule has 1 aliphatic rings. The molecule has 0 amide bonds. The molecule has 2 unspecified atom stereocenters. The lowest BCUT2D eigenvalue weighted by Gasteiger charge is -2.21. The number of rotatable bonds is 9. The van der Waals surface area contributed by atoms with Crippen molar-refractivity contribution in [2.24, 2.45) is 17.6 Å². The van der Waals surface area contributed by atoms with Crippen LogP contribution in [0.15, 0.2) is 0 Å². The van der Waals surface area contributed by atoms with Crippen LogP contribution in [0.5, 0.6) is 0 Å². The van der Waals surface area contributed by atoms with Crippen LogP contribution in [-0.2, 0) is 4.79 Å². The van der Waals surface area contributed by atoms with E-state index in [-0.39, 0.29) is 11.8 Å². The first-order chi connectivity index (χ1) is 9.09. The molecule has 0 aliphatic heterocycles. The molecule has 2 nitrogen and oxygen atoms in total. The maximum Gasteiger partial charge on any atom is 0.146 e. The molecule has 1 aliphatic carbocycles. The molecule has 2 heteroatoms. The number of Topliss-reactive ketones (excluding diaryl/α,β-unsaturated/α-hetero) is 1. The van der Waals surface area contributed by atoms with E-state index < -0.39 is 0 Å². The average molecular weight is 267 g/mol. The zero-order valence-electron chi connectivity index (χ0n) is 13.0. The van der Waals surface area contributed by atoms with Crippen LogP contribution in [0.25, 0.3) is 0 Å². The number of nitrogens with two attached hydrogens (primary N) is 1. The number of carbonyl (C=O) groups is 1. The number of hydrogen-bond donors (Lipinski definition) is 1. The fraction of sp³-hybridized carbons (Fsp3) is 0.941. The molecule has 19 heavy (non-hydrogen) atoms. The van der Waals surface area contributed by atoms with Crippen molar-refractivity contribution in [3.63, 3.8) is 0 Å². The summed E-state index contributed by atoms with van der Waals surface area (Å²) in [6, 6.07) is -0.232. The van der Waals surface area contributed by atoms with Gasteiger partial charge in [0.2, 0.25) is 0 Å². The van der Waals surface area contributed by atoms with Crippen molar-refractivity contribution in [2.45, 2.75) is 90.5 Å². The number of unbranched alkanes of at least 4 members (excludes halogenated alkanes) is 1. The Morgan fingerprint density at radius 2 is 1.79 bits per heavy atom. The van der Waals surface area contributed by atoms with Gasteiger partial charge in [0, 0.05) is 0 Å². The standard InChI is InChI=1S/C17H33NO/c1-14(12-13-17(18)15(2)19)8-6-7-11-16-9-4-3-5-10-16/h14,16-17H,3-13,18H2,1-2H3. The van der Waals surface area contributed by atoms with Crippen LogP contribution in [0.1, 0.15) is 84.5 Å². The summed E-state index contributed by atoms with van der Waals surface area (Å²) in [5.41, 5.74) is 5.77. The number of ketones is 1. The molecule has 1 saturated carbocycles. The van der Waals surface area contributed by atoms with Crippen molar-refractivity contribution in [2.75, 3.05) is 0 Å². The maximum absolute atomic E-state index is 11.1. The Bertz CT molecular complexity index is 246. The van der Waals surface area contributed by atoms with Gasteiger partial charge in [0.15, 0.2) is 0 Å². The first kappa shape index (κ1) is 16.7. The molecule has 0 aromatic heterocycles. The Kier molecular flexibility index (Phi) is 8.36. The molecule has 112 valence electrons. The van der Waals surface area contributed by atoms with Crippen LogP contribution in [-0.4, -0.2) is 11.8 Å². The number of hydrogen-bond acceptors (Lipinski definition) is 2. The van der Waals surface area contributed by atoms with Crippen LogP contribution >= 0.6 is 0 Å². The predicted octanol–water partition coefficient (Wildman–Crippen LogP) is 4.46. The minimum atomic E-state index is -0.232. The second-order valence-corrected chi connectivity index (χ2v) is 6.69. The summed E-state index contributed by atoms with van der Waals surface area (Å²) < 4.78 is 0. The summed E-state index contributed by atoms with van der Waals surface area (Å²) in [6.45, 7) is 3.90.